The third kappa shape index (κ3) is 3.07. The summed E-state index contributed by atoms with van der Waals surface area (Å²) >= 11 is 8.15. The van der Waals surface area contributed by atoms with Gasteiger partial charge in [-0.05, 0) is 62.4 Å². The zero-order chi connectivity index (χ0) is 14.8. The normalized spacial score (nSPS) is 15.1. The molecule has 1 aromatic carbocycles. The van der Waals surface area contributed by atoms with Gasteiger partial charge in [0, 0.05) is 9.75 Å². The van der Waals surface area contributed by atoms with Crippen LogP contribution >= 0.6 is 22.9 Å². The van der Waals surface area contributed by atoms with Crippen molar-refractivity contribution in [2.45, 2.75) is 38.6 Å². The van der Waals surface area contributed by atoms with Crippen molar-refractivity contribution in [1.82, 2.24) is 0 Å². The van der Waals surface area contributed by atoms with Crippen LogP contribution in [0, 0.1) is 11.3 Å². The van der Waals surface area contributed by atoms with Gasteiger partial charge >= 0.3 is 0 Å². The monoisotopic (exact) mass is 316 g/mol. The van der Waals surface area contributed by atoms with Gasteiger partial charge in [0.2, 0.25) is 0 Å². The fourth-order valence-electron chi connectivity index (χ4n) is 2.73. The van der Waals surface area contributed by atoms with Crippen molar-refractivity contribution < 1.29 is 0 Å². The summed E-state index contributed by atoms with van der Waals surface area (Å²) in [6, 6.07) is 10.0. The van der Waals surface area contributed by atoms with E-state index in [9.17, 15) is 0 Å². The van der Waals surface area contributed by atoms with E-state index < -0.39 is 0 Å². The number of nitrogens with zero attached hydrogens (tertiary/aromatic N) is 1. The SMILES string of the molecule is CC(Nc1ccc(C#N)cc1Cl)c1cc2c(s1)CCCC2. The maximum absolute atomic E-state index is 8.88. The van der Waals surface area contributed by atoms with Crippen molar-refractivity contribution in [2.24, 2.45) is 0 Å². The van der Waals surface area contributed by atoms with Gasteiger partial charge in [-0.3, -0.25) is 0 Å². The molecule has 1 aliphatic rings. The second-order valence-corrected chi connectivity index (χ2v) is 7.05. The molecule has 0 fully saturated rings. The second-order valence-electron chi connectivity index (χ2n) is 5.48. The number of nitriles is 1. The van der Waals surface area contributed by atoms with Gasteiger partial charge in [0.25, 0.3) is 0 Å². The number of benzene rings is 1. The molecule has 0 saturated carbocycles. The lowest BCUT2D eigenvalue weighted by atomic mass is 9.99. The summed E-state index contributed by atoms with van der Waals surface area (Å²) in [6.07, 6.45) is 5.07. The van der Waals surface area contributed by atoms with E-state index in [0.717, 1.165) is 5.69 Å². The largest absolute Gasteiger partial charge is 0.377 e. The summed E-state index contributed by atoms with van der Waals surface area (Å²) in [5.41, 5.74) is 3.00. The molecule has 3 rings (SSSR count). The maximum Gasteiger partial charge on any atom is 0.0992 e. The minimum Gasteiger partial charge on any atom is -0.377 e. The Morgan fingerprint density at radius 1 is 1.29 bits per heavy atom. The van der Waals surface area contributed by atoms with Crippen molar-refractivity contribution in [3.8, 4) is 6.07 Å². The van der Waals surface area contributed by atoms with Gasteiger partial charge in [0.1, 0.15) is 0 Å². The van der Waals surface area contributed by atoms with Gasteiger partial charge in [-0.15, -0.1) is 11.3 Å². The maximum atomic E-state index is 8.88. The molecule has 1 atom stereocenters. The van der Waals surface area contributed by atoms with Crippen LogP contribution in [0.15, 0.2) is 24.3 Å². The highest BCUT2D eigenvalue weighted by atomic mass is 35.5. The minimum atomic E-state index is 0.228. The Bertz CT molecular complexity index is 676. The number of hydrogen-bond acceptors (Lipinski definition) is 3. The predicted octanol–water partition coefficient (Wildman–Crippen LogP) is 5.33. The van der Waals surface area contributed by atoms with Crippen LogP contribution in [0.3, 0.4) is 0 Å². The van der Waals surface area contributed by atoms with Crippen molar-refractivity contribution in [1.29, 1.82) is 5.26 Å². The van der Waals surface area contributed by atoms with E-state index in [-0.39, 0.29) is 6.04 Å². The molecule has 1 heterocycles. The van der Waals surface area contributed by atoms with Gasteiger partial charge < -0.3 is 5.32 Å². The van der Waals surface area contributed by atoms with Gasteiger partial charge in [-0.2, -0.15) is 5.26 Å². The fraction of sp³-hybridized carbons (Fsp3) is 0.353. The van der Waals surface area contributed by atoms with Crippen LogP contribution in [-0.4, -0.2) is 0 Å². The number of hydrogen-bond donors (Lipinski definition) is 1. The van der Waals surface area contributed by atoms with Gasteiger partial charge in [-0.25, -0.2) is 0 Å². The van der Waals surface area contributed by atoms with Crippen molar-refractivity contribution >= 4 is 28.6 Å². The zero-order valence-electron chi connectivity index (χ0n) is 11.9. The number of halogens is 1. The van der Waals surface area contributed by atoms with E-state index in [1.54, 1.807) is 17.0 Å². The average molecular weight is 317 g/mol. The first-order valence-corrected chi connectivity index (χ1v) is 8.44. The Morgan fingerprint density at radius 3 is 2.81 bits per heavy atom. The van der Waals surface area contributed by atoms with E-state index in [4.69, 9.17) is 16.9 Å². The smallest absolute Gasteiger partial charge is 0.0992 e. The summed E-state index contributed by atoms with van der Waals surface area (Å²) in [5, 5.41) is 12.9. The number of rotatable bonds is 3. The van der Waals surface area contributed by atoms with E-state index in [2.05, 4.69) is 24.4 Å². The molecule has 4 heteroatoms. The van der Waals surface area contributed by atoms with Gasteiger partial charge in [0.15, 0.2) is 0 Å². The first-order valence-electron chi connectivity index (χ1n) is 7.25. The van der Waals surface area contributed by atoms with Crippen molar-refractivity contribution in [3.05, 3.63) is 50.2 Å². The van der Waals surface area contributed by atoms with Crippen LogP contribution < -0.4 is 5.32 Å². The molecule has 1 aromatic heterocycles. The minimum absolute atomic E-state index is 0.228. The molecule has 0 aliphatic heterocycles. The molecular formula is C17H17ClN2S. The van der Waals surface area contributed by atoms with E-state index in [1.807, 2.05) is 17.4 Å². The summed E-state index contributed by atoms with van der Waals surface area (Å²) in [7, 11) is 0. The highest BCUT2D eigenvalue weighted by molar-refractivity contribution is 7.12. The molecule has 21 heavy (non-hydrogen) atoms. The Balaban J connectivity index is 1.78. The lowest BCUT2D eigenvalue weighted by Crippen LogP contribution is -2.05. The lowest BCUT2D eigenvalue weighted by Gasteiger charge is -2.15. The lowest BCUT2D eigenvalue weighted by molar-refractivity contribution is 0.696. The Hall–Kier alpha value is -1.50. The Labute approximate surface area is 134 Å². The topological polar surface area (TPSA) is 35.8 Å². The molecule has 0 spiro atoms. The van der Waals surface area contributed by atoms with Crippen LogP contribution in [0.4, 0.5) is 5.69 Å². The van der Waals surface area contributed by atoms with Crippen molar-refractivity contribution in [3.63, 3.8) is 0 Å². The molecule has 1 aliphatic carbocycles. The van der Waals surface area contributed by atoms with Crippen LogP contribution in [0.2, 0.25) is 5.02 Å². The average Bonchev–Trinajstić information content (AvgIpc) is 2.93. The third-order valence-corrected chi connectivity index (χ3v) is 5.65. The number of nitrogens with one attached hydrogen (secondary N) is 1. The molecule has 0 radical (unpaired) electrons. The number of aryl methyl sites for hydroxylation is 2. The van der Waals surface area contributed by atoms with E-state index >= 15 is 0 Å². The molecule has 0 saturated heterocycles. The molecular weight excluding hydrogens is 300 g/mol. The highest BCUT2D eigenvalue weighted by Crippen LogP contribution is 2.35. The number of thiophene rings is 1. The summed E-state index contributed by atoms with van der Waals surface area (Å²) < 4.78 is 0. The molecule has 2 nitrogen and oxygen atoms in total. The summed E-state index contributed by atoms with van der Waals surface area (Å²) in [5.74, 6) is 0. The van der Waals surface area contributed by atoms with Gasteiger partial charge in [-0.1, -0.05) is 11.6 Å². The summed E-state index contributed by atoms with van der Waals surface area (Å²) in [4.78, 5) is 2.91. The van der Waals surface area contributed by atoms with Crippen LogP contribution in [0.1, 0.15) is 46.7 Å². The van der Waals surface area contributed by atoms with E-state index in [0.29, 0.717) is 10.6 Å². The van der Waals surface area contributed by atoms with Crippen LogP contribution in [0.5, 0.6) is 0 Å². The van der Waals surface area contributed by atoms with Crippen molar-refractivity contribution in [2.75, 3.05) is 5.32 Å². The third-order valence-electron chi connectivity index (χ3n) is 3.91. The second kappa shape index (κ2) is 6.09. The van der Waals surface area contributed by atoms with Crippen LogP contribution in [-0.2, 0) is 12.8 Å². The summed E-state index contributed by atoms with van der Waals surface area (Å²) in [6.45, 7) is 2.16. The zero-order valence-corrected chi connectivity index (χ0v) is 13.5. The molecule has 1 N–H and O–H groups in total. The van der Waals surface area contributed by atoms with Crippen LogP contribution in [0.25, 0.3) is 0 Å². The standard InChI is InChI=1S/C17H17ClN2S/c1-11(17-9-13-4-2-3-5-16(13)21-17)20-15-7-6-12(10-19)8-14(15)18/h6-9,11,20H,2-5H2,1H3. The molecule has 108 valence electrons. The quantitative estimate of drug-likeness (QED) is 0.831. The molecule has 0 bridgehead atoms. The highest BCUT2D eigenvalue weighted by Gasteiger charge is 2.17. The Kier molecular flexibility index (Phi) is 4.19. The first kappa shape index (κ1) is 14.4. The van der Waals surface area contributed by atoms with Gasteiger partial charge in [0.05, 0.1) is 28.4 Å². The fourth-order valence-corrected chi connectivity index (χ4v) is 4.23. The Morgan fingerprint density at radius 2 is 2.10 bits per heavy atom. The number of anilines is 1. The predicted molar refractivity (Wildman–Crippen MR) is 89.2 cm³/mol. The number of fused-ring (bicyclic) bond motifs is 1. The first-order chi connectivity index (χ1) is 10.2. The van der Waals surface area contributed by atoms with E-state index in [1.165, 1.54) is 36.1 Å². The molecule has 2 aromatic rings. The molecule has 0 amide bonds. The molecule has 1 unspecified atom stereocenters.